The summed E-state index contributed by atoms with van der Waals surface area (Å²) >= 11 is 0. The van der Waals surface area contributed by atoms with Crippen molar-refractivity contribution in [1.29, 1.82) is 0 Å². The van der Waals surface area contributed by atoms with Crippen LogP contribution in [-0.2, 0) is 4.74 Å². The van der Waals surface area contributed by atoms with Crippen molar-refractivity contribution in [3.63, 3.8) is 0 Å². The maximum Gasteiger partial charge on any atom is 0.411 e. The highest BCUT2D eigenvalue weighted by Crippen LogP contribution is 2.23. The minimum atomic E-state index is -1.26. The van der Waals surface area contributed by atoms with Crippen LogP contribution < -0.4 is 5.32 Å². The first-order valence-corrected chi connectivity index (χ1v) is 6.60. The number of benzene rings is 1. The van der Waals surface area contributed by atoms with Gasteiger partial charge in [0.15, 0.2) is 0 Å². The predicted octanol–water partition coefficient (Wildman–Crippen LogP) is 2.06. The number of rotatable bonds is 3. The van der Waals surface area contributed by atoms with Gasteiger partial charge in [0.25, 0.3) is 0 Å². The molecule has 0 unspecified atom stereocenters. The van der Waals surface area contributed by atoms with Gasteiger partial charge in [-0.15, -0.1) is 0 Å². The number of carbonyl (C=O) groups excluding carboxylic acids is 1. The monoisotopic (exact) mass is 305 g/mol. The van der Waals surface area contributed by atoms with Gasteiger partial charge in [0, 0.05) is 5.69 Å². The number of carbonyl (C=O) groups is 2. The fourth-order valence-electron chi connectivity index (χ4n) is 2.27. The minimum absolute atomic E-state index is 0. The summed E-state index contributed by atoms with van der Waals surface area (Å²) < 4.78 is 5.27. The Morgan fingerprint density at radius 2 is 1.86 bits per heavy atom. The number of phenols is 1. The van der Waals surface area contributed by atoms with Crippen LogP contribution >= 0.6 is 0 Å². The molecule has 0 atom stereocenters. The summed E-state index contributed by atoms with van der Waals surface area (Å²) in [7, 11) is 0. The van der Waals surface area contributed by atoms with Gasteiger partial charge in [-0.3, -0.25) is 5.32 Å². The van der Waals surface area contributed by atoms with Crippen LogP contribution in [0.15, 0.2) is 18.2 Å². The maximum absolute atomic E-state index is 11.7. The molecule has 1 aromatic carbocycles. The van der Waals surface area contributed by atoms with Gasteiger partial charge in [0.1, 0.15) is 17.4 Å². The molecule has 0 aliphatic heterocycles. The molecule has 0 radical (unpaired) electrons. The van der Waals surface area contributed by atoms with E-state index in [1.807, 2.05) is 0 Å². The van der Waals surface area contributed by atoms with Gasteiger partial charge in [-0.1, -0.05) is 6.42 Å². The van der Waals surface area contributed by atoms with E-state index in [0.29, 0.717) is 0 Å². The Kier molecular flexibility index (Phi) is 6.77. The number of hydrogen-bond donors (Lipinski definition) is 3. The third kappa shape index (κ3) is 5.09. The van der Waals surface area contributed by atoms with E-state index < -0.39 is 12.1 Å². The Balaban J connectivity index is 0.00000220. The molecule has 1 aromatic rings. The van der Waals surface area contributed by atoms with Crippen molar-refractivity contribution >= 4 is 40.8 Å². The standard InChI is InChI=1S/C14H17NO5.Mg.2H/c16-12-7-6-9(8-11(12)13(17)18)15-14(19)20-10-4-2-1-3-5-10;;;/h6-8,10,16H,1-5H2,(H,15,19)(H,17,18);;;. The van der Waals surface area contributed by atoms with Gasteiger partial charge in [-0.05, 0) is 43.9 Å². The molecular formula is C14H19MgNO5. The van der Waals surface area contributed by atoms with Gasteiger partial charge >= 0.3 is 35.1 Å². The molecule has 1 aliphatic rings. The molecule has 0 bridgehead atoms. The van der Waals surface area contributed by atoms with Crippen LogP contribution in [-0.4, -0.2) is 51.4 Å². The van der Waals surface area contributed by atoms with Crippen LogP contribution in [0.1, 0.15) is 42.5 Å². The second-order valence-corrected chi connectivity index (χ2v) is 4.83. The summed E-state index contributed by atoms with van der Waals surface area (Å²) in [5.74, 6) is -1.60. The number of nitrogens with one attached hydrogen (secondary N) is 1. The van der Waals surface area contributed by atoms with Crippen LogP contribution in [0, 0.1) is 0 Å². The number of anilines is 1. The van der Waals surface area contributed by atoms with Crippen molar-refractivity contribution in [2.75, 3.05) is 5.32 Å². The lowest BCUT2D eigenvalue weighted by atomic mass is 9.98. The first kappa shape index (κ1) is 17.6. The zero-order chi connectivity index (χ0) is 14.5. The van der Waals surface area contributed by atoms with Crippen molar-refractivity contribution < 1.29 is 24.5 Å². The van der Waals surface area contributed by atoms with Crippen molar-refractivity contribution in [2.24, 2.45) is 0 Å². The maximum atomic E-state index is 11.7. The number of carboxylic acids is 1. The number of aromatic hydroxyl groups is 1. The predicted molar refractivity (Wildman–Crippen MR) is 80.6 cm³/mol. The van der Waals surface area contributed by atoms with E-state index in [1.54, 1.807) is 0 Å². The Hall–Kier alpha value is -1.47. The molecule has 1 amide bonds. The summed E-state index contributed by atoms with van der Waals surface area (Å²) in [5, 5.41) is 20.7. The summed E-state index contributed by atoms with van der Waals surface area (Å²) in [6, 6.07) is 3.84. The summed E-state index contributed by atoms with van der Waals surface area (Å²) in [6.07, 6.45) is 4.34. The second kappa shape index (κ2) is 8.09. The molecule has 7 heteroatoms. The highest BCUT2D eigenvalue weighted by atomic mass is 24.3. The van der Waals surface area contributed by atoms with Crippen molar-refractivity contribution in [3.8, 4) is 5.75 Å². The number of carboxylic acid groups (broad SMARTS) is 1. The molecule has 0 spiro atoms. The minimum Gasteiger partial charge on any atom is -0.507 e. The topological polar surface area (TPSA) is 95.9 Å². The summed E-state index contributed by atoms with van der Waals surface area (Å²) in [6.45, 7) is 0. The largest absolute Gasteiger partial charge is 0.507 e. The van der Waals surface area contributed by atoms with Crippen LogP contribution in [0.3, 0.4) is 0 Å². The van der Waals surface area contributed by atoms with E-state index in [1.165, 1.54) is 24.6 Å². The number of ether oxygens (including phenoxy) is 1. The molecule has 1 saturated carbocycles. The first-order valence-electron chi connectivity index (χ1n) is 6.60. The molecule has 1 fully saturated rings. The van der Waals surface area contributed by atoms with Gasteiger partial charge in [0.05, 0.1) is 0 Å². The van der Waals surface area contributed by atoms with Crippen molar-refractivity contribution in [3.05, 3.63) is 23.8 Å². The lowest BCUT2D eigenvalue weighted by Gasteiger charge is -2.21. The second-order valence-electron chi connectivity index (χ2n) is 4.83. The van der Waals surface area contributed by atoms with Gasteiger partial charge in [0.2, 0.25) is 0 Å². The first-order chi connectivity index (χ1) is 9.56. The number of hydrogen-bond acceptors (Lipinski definition) is 4. The summed E-state index contributed by atoms with van der Waals surface area (Å²) in [5.41, 5.74) is 0.0153. The zero-order valence-corrected chi connectivity index (χ0v) is 11.0. The molecular weight excluding hydrogens is 286 g/mol. The van der Waals surface area contributed by atoms with E-state index in [0.717, 1.165) is 25.7 Å². The molecule has 21 heavy (non-hydrogen) atoms. The average molecular weight is 306 g/mol. The molecule has 0 aromatic heterocycles. The van der Waals surface area contributed by atoms with Gasteiger partial charge in [-0.2, -0.15) is 0 Å². The molecule has 0 saturated heterocycles. The SMILES string of the molecule is O=C(Nc1ccc(O)c(C(=O)O)c1)OC1CCCCC1.[MgH2]. The third-order valence-corrected chi connectivity index (χ3v) is 3.30. The van der Waals surface area contributed by atoms with Crippen LogP contribution in [0.5, 0.6) is 5.75 Å². The Morgan fingerprint density at radius 1 is 1.19 bits per heavy atom. The molecule has 1 aliphatic carbocycles. The smallest absolute Gasteiger partial charge is 0.411 e. The average Bonchev–Trinajstić information content (AvgIpc) is 2.41. The Labute approximate surface area is 138 Å². The zero-order valence-electron chi connectivity index (χ0n) is 11.0. The molecule has 3 N–H and O–H groups in total. The van der Waals surface area contributed by atoms with Gasteiger partial charge in [-0.25, -0.2) is 9.59 Å². The number of amides is 1. The lowest BCUT2D eigenvalue weighted by Crippen LogP contribution is -2.24. The molecule has 0 heterocycles. The van der Waals surface area contributed by atoms with Crippen LogP contribution in [0.25, 0.3) is 0 Å². The van der Waals surface area contributed by atoms with E-state index >= 15 is 0 Å². The van der Waals surface area contributed by atoms with E-state index in [9.17, 15) is 14.7 Å². The molecule has 2 rings (SSSR count). The van der Waals surface area contributed by atoms with E-state index in [-0.39, 0.29) is 46.2 Å². The van der Waals surface area contributed by atoms with Crippen molar-refractivity contribution in [1.82, 2.24) is 0 Å². The number of aromatic carboxylic acids is 1. The quantitative estimate of drug-likeness (QED) is 0.587. The van der Waals surface area contributed by atoms with Crippen LogP contribution in [0.4, 0.5) is 10.5 Å². The fourth-order valence-corrected chi connectivity index (χ4v) is 2.27. The molecule has 6 nitrogen and oxygen atoms in total. The highest BCUT2D eigenvalue weighted by Gasteiger charge is 2.18. The fraction of sp³-hybridized carbons (Fsp3) is 0.429. The Bertz CT molecular complexity index is 514. The van der Waals surface area contributed by atoms with E-state index in [4.69, 9.17) is 9.84 Å². The highest BCUT2D eigenvalue weighted by molar-refractivity contribution is 5.93. The van der Waals surface area contributed by atoms with Gasteiger partial charge < -0.3 is 14.9 Å². The lowest BCUT2D eigenvalue weighted by molar-refractivity contribution is 0.0693. The van der Waals surface area contributed by atoms with E-state index in [2.05, 4.69) is 5.32 Å². The van der Waals surface area contributed by atoms with Crippen LogP contribution in [0.2, 0.25) is 0 Å². The normalized spacial score (nSPS) is 14.9. The summed E-state index contributed by atoms with van der Waals surface area (Å²) in [4.78, 5) is 22.6. The Morgan fingerprint density at radius 3 is 2.48 bits per heavy atom. The third-order valence-electron chi connectivity index (χ3n) is 3.30. The van der Waals surface area contributed by atoms with Crippen molar-refractivity contribution in [2.45, 2.75) is 38.2 Å². The molecule has 112 valence electrons.